The van der Waals surface area contributed by atoms with Gasteiger partial charge in [0.15, 0.2) is 5.96 Å². The Morgan fingerprint density at radius 3 is 2.16 bits per heavy atom. The van der Waals surface area contributed by atoms with Crippen molar-refractivity contribution in [2.45, 2.75) is 56.3 Å². The highest BCUT2D eigenvalue weighted by atomic mass is 32.1. The predicted octanol–water partition coefficient (Wildman–Crippen LogP) is -3.93. The number of guanidine groups is 1. The molecule has 0 saturated carbocycles. The van der Waals surface area contributed by atoms with Crippen molar-refractivity contribution in [3.05, 3.63) is 18.2 Å². The van der Waals surface area contributed by atoms with Crippen molar-refractivity contribution in [3.63, 3.8) is 0 Å². The van der Waals surface area contributed by atoms with Gasteiger partial charge in [0.05, 0.1) is 12.4 Å². The molecule has 13 N–H and O–H groups in total. The lowest BCUT2D eigenvalue weighted by atomic mass is 10.1. The molecular formula is C20H34N10O6S. The number of aliphatic carboxylic acids is 1. The minimum absolute atomic E-state index is 0.00440. The number of carboxylic acids is 1. The maximum atomic E-state index is 13.2. The summed E-state index contributed by atoms with van der Waals surface area (Å²) in [5, 5.41) is 16.8. The largest absolute Gasteiger partial charge is 0.480 e. The quantitative estimate of drug-likeness (QED) is 0.0394. The Kier molecular flexibility index (Phi) is 13.5. The number of carbonyl (C=O) groups excluding carboxylic acids is 4. The number of primary amides is 1. The summed E-state index contributed by atoms with van der Waals surface area (Å²) >= 11 is 3.98. The summed E-state index contributed by atoms with van der Waals surface area (Å²) in [7, 11) is 0. The van der Waals surface area contributed by atoms with Crippen LogP contribution in [-0.2, 0) is 30.4 Å². The van der Waals surface area contributed by atoms with E-state index in [0.717, 1.165) is 0 Å². The molecule has 0 aliphatic carbocycles. The van der Waals surface area contributed by atoms with E-state index in [1.54, 1.807) is 0 Å². The van der Waals surface area contributed by atoms with E-state index >= 15 is 0 Å². The van der Waals surface area contributed by atoms with Crippen molar-refractivity contribution in [2.24, 2.45) is 27.9 Å². The molecule has 4 atom stereocenters. The molecule has 1 aromatic rings. The standard InChI is InChI=1S/C20H34N10O6S/c21-11(8-37)16(32)30-14(6-10-7-25-9-27-10)18(34)28-12(2-1-5-26-20(23)24)17(33)29-13(19(35)36)3-4-15(22)31/h7,9,11-14,37H,1-6,8,21H2,(H2,22,31)(H,25,27)(H,28,34)(H,29,33)(H,30,32)(H,35,36)(H4,23,24,26). The zero-order chi connectivity index (χ0) is 28.0. The van der Waals surface area contributed by atoms with Crippen LogP contribution in [0.3, 0.4) is 0 Å². The molecule has 4 unspecified atom stereocenters. The van der Waals surface area contributed by atoms with E-state index in [4.69, 9.17) is 22.9 Å². The summed E-state index contributed by atoms with van der Waals surface area (Å²) in [6.07, 6.45) is 2.60. The Labute approximate surface area is 218 Å². The second-order valence-corrected chi connectivity index (χ2v) is 8.41. The molecule has 0 saturated heterocycles. The molecule has 16 nitrogen and oxygen atoms in total. The fourth-order valence-electron chi connectivity index (χ4n) is 3.05. The topological polar surface area (TPSA) is 287 Å². The first-order valence-corrected chi connectivity index (χ1v) is 11.9. The summed E-state index contributed by atoms with van der Waals surface area (Å²) < 4.78 is 0. The van der Waals surface area contributed by atoms with E-state index in [-0.39, 0.29) is 50.4 Å². The molecule has 0 aromatic carbocycles. The second-order valence-electron chi connectivity index (χ2n) is 8.05. The normalized spacial score (nSPS) is 13.9. The van der Waals surface area contributed by atoms with Gasteiger partial charge in [-0.1, -0.05) is 0 Å². The number of H-pyrrole nitrogens is 1. The van der Waals surface area contributed by atoms with Gasteiger partial charge in [-0.15, -0.1) is 0 Å². The zero-order valence-electron chi connectivity index (χ0n) is 20.1. The first kappa shape index (κ1) is 31.2. The van der Waals surface area contributed by atoms with Crippen molar-refractivity contribution in [1.29, 1.82) is 0 Å². The van der Waals surface area contributed by atoms with Crippen molar-refractivity contribution >= 4 is 48.2 Å². The van der Waals surface area contributed by atoms with Gasteiger partial charge in [0.1, 0.15) is 18.1 Å². The Hall–Kier alpha value is -3.86. The predicted molar refractivity (Wildman–Crippen MR) is 136 cm³/mol. The Balaban J connectivity index is 3.07. The molecule has 17 heteroatoms. The molecule has 1 aromatic heterocycles. The summed E-state index contributed by atoms with van der Waals surface area (Å²) in [5.41, 5.74) is 21.9. The van der Waals surface area contributed by atoms with Crippen molar-refractivity contribution in [2.75, 3.05) is 12.3 Å². The Bertz CT molecular complexity index is 953. The molecule has 0 aliphatic heterocycles. The number of aromatic amines is 1. The highest BCUT2D eigenvalue weighted by molar-refractivity contribution is 7.80. The lowest BCUT2D eigenvalue weighted by Gasteiger charge is -2.25. The lowest BCUT2D eigenvalue weighted by molar-refractivity contribution is -0.142. The maximum Gasteiger partial charge on any atom is 0.326 e. The first-order valence-electron chi connectivity index (χ1n) is 11.3. The number of hydrogen-bond donors (Lipinski definition) is 10. The van der Waals surface area contributed by atoms with Crippen LogP contribution < -0.4 is 38.9 Å². The third-order valence-electron chi connectivity index (χ3n) is 5.02. The first-order chi connectivity index (χ1) is 17.4. The van der Waals surface area contributed by atoms with Crippen LogP contribution >= 0.6 is 12.6 Å². The highest BCUT2D eigenvalue weighted by Gasteiger charge is 2.30. The van der Waals surface area contributed by atoms with Crippen LogP contribution in [0.15, 0.2) is 17.5 Å². The number of nitrogens with one attached hydrogen (secondary N) is 4. The summed E-state index contributed by atoms with van der Waals surface area (Å²) in [4.78, 5) is 71.6. The van der Waals surface area contributed by atoms with Gasteiger partial charge < -0.3 is 49.0 Å². The van der Waals surface area contributed by atoms with Gasteiger partial charge in [-0.2, -0.15) is 12.6 Å². The number of nitrogens with zero attached hydrogens (tertiary/aromatic N) is 2. The molecule has 0 aliphatic rings. The number of amides is 4. The van der Waals surface area contributed by atoms with E-state index in [9.17, 15) is 29.1 Å². The molecule has 4 amide bonds. The number of nitrogens with two attached hydrogens (primary N) is 4. The van der Waals surface area contributed by atoms with Gasteiger partial charge in [-0.3, -0.25) is 24.2 Å². The molecule has 1 heterocycles. The molecular weight excluding hydrogens is 508 g/mol. The van der Waals surface area contributed by atoms with Gasteiger partial charge in [0, 0.05) is 37.0 Å². The number of hydrogen-bond acceptors (Lipinski definition) is 9. The average molecular weight is 543 g/mol. The Morgan fingerprint density at radius 1 is 1.00 bits per heavy atom. The molecule has 37 heavy (non-hydrogen) atoms. The van der Waals surface area contributed by atoms with Gasteiger partial charge in [-0.25, -0.2) is 9.78 Å². The fourth-order valence-corrected chi connectivity index (χ4v) is 3.21. The number of imidazole rings is 1. The average Bonchev–Trinajstić information content (AvgIpc) is 3.34. The smallest absolute Gasteiger partial charge is 0.326 e. The third-order valence-corrected chi connectivity index (χ3v) is 5.41. The van der Waals surface area contributed by atoms with Gasteiger partial charge in [-0.05, 0) is 19.3 Å². The Morgan fingerprint density at radius 2 is 1.62 bits per heavy atom. The van der Waals surface area contributed by atoms with Crippen LogP contribution in [0.25, 0.3) is 0 Å². The summed E-state index contributed by atoms with van der Waals surface area (Å²) in [6.45, 7) is 0.136. The van der Waals surface area contributed by atoms with Crippen LogP contribution in [-0.4, -0.2) is 87.1 Å². The van der Waals surface area contributed by atoms with Gasteiger partial charge in [0.2, 0.25) is 23.6 Å². The molecule has 0 bridgehead atoms. The molecule has 206 valence electrons. The van der Waals surface area contributed by atoms with E-state index in [0.29, 0.717) is 5.69 Å². The molecule has 0 fully saturated rings. The number of thiol groups is 1. The van der Waals surface area contributed by atoms with Crippen molar-refractivity contribution in [1.82, 2.24) is 25.9 Å². The number of carbonyl (C=O) groups is 5. The van der Waals surface area contributed by atoms with Gasteiger partial charge >= 0.3 is 5.97 Å². The molecule has 1 rings (SSSR count). The SMILES string of the molecule is NC(=O)CCC(NC(=O)C(CCCN=C(N)N)NC(=O)C(Cc1cnc[nH]1)NC(=O)C(N)CS)C(=O)O. The van der Waals surface area contributed by atoms with Crippen molar-refractivity contribution < 1.29 is 29.1 Å². The van der Waals surface area contributed by atoms with Crippen LogP contribution in [0.5, 0.6) is 0 Å². The lowest BCUT2D eigenvalue weighted by Crippen LogP contribution is -2.57. The molecule has 0 radical (unpaired) electrons. The summed E-state index contributed by atoms with van der Waals surface area (Å²) in [5.74, 6) is -4.45. The minimum Gasteiger partial charge on any atom is -0.480 e. The van der Waals surface area contributed by atoms with Crippen LogP contribution in [0, 0.1) is 0 Å². The zero-order valence-corrected chi connectivity index (χ0v) is 20.9. The third kappa shape index (κ3) is 12.1. The van der Waals surface area contributed by atoms with Crippen LogP contribution in [0.4, 0.5) is 0 Å². The number of aliphatic imine (C=N–C) groups is 1. The minimum atomic E-state index is -1.43. The van der Waals surface area contributed by atoms with E-state index in [1.807, 2.05) is 0 Å². The fraction of sp³-hybridized carbons (Fsp3) is 0.550. The van der Waals surface area contributed by atoms with E-state index < -0.39 is 53.8 Å². The molecule has 0 spiro atoms. The highest BCUT2D eigenvalue weighted by Crippen LogP contribution is 2.06. The second kappa shape index (κ2) is 16.0. The van der Waals surface area contributed by atoms with E-state index in [1.165, 1.54) is 12.5 Å². The summed E-state index contributed by atoms with van der Waals surface area (Å²) in [6, 6.07) is -4.79. The van der Waals surface area contributed by atoms with Gasteiger partial charge in [0.25, 0.3) is 0 Å². The maximum absolute atomic E-state index is 13.2. The van der Waals surface area contributed by atoms with E-state index in [2.05, 4.69) is 43.5 Å². The number of aromatic nitrogens is 2. The number of rotatable bonds is 17. The monoisotopic (exact) mass is 542 g/mol. The number of carboxylic acid groups (broad SMARTS) is 1. The van der Waals surface area contributed by atoms with Crippen molar-refractivity contribution in [3.8, 4) is 0 Å². The van der Waals surface area contributed by atoms with Crippen LogP contribution in [0.2, 0.25) is 0 Å². The van der Waals surface area contributed by atoms with Crippen LogP contribution in [0.1, 0.15) is 31.4 Å².